The summed E-state index contributed by atoms with van der Waals surface area (Å²) in [6, 6.07) is 19.0. The fraction of sp³-hybridized carbons (Fsp3) is 0.138. The van der Waals surface area contributed by atoms with Gasteiger partial charge in [-0.3, -0.25) is 5.10 Å². The molecule has 3 aromatic carbocycles. The lowest BCUT2D eigenvalue weighted by molar-refractivity contribution is 0.260. The third-order valence-corrected chi connectivity index (χ3v) is 6.37. The first-order chi connectivity index (χ1) is 18.0. The summed E-state index contributed by atoms with van der Waals surface area (Å²) >= 11 is 0. The SMILES string of the molecule is CN(C)CCOc1cc(F)cc(-c2cccc3[nH]c(-c4n[nH]c5ccc(-c6cncnc6)cc45)cc23)c1. The van der Waals surface area contributed by atoms with Gasteiger partial charge in [0.15, 0.2) is 0 Å². The van der Waals surface area contributed by atoms with Crippen LogP contribution in [0.5, 0.6) is 5.75 Å². The molecule has 37 heavy (non-hydrogen) atoms. The topological polar surface area (TPSA) is 82.7 Å². The van der Waals surface area contributed by atoms with E-state index >= 15 is 0 Å². The van der Waals surface area contributed by atoms with Gasteiger partial charge in [-0.2, -0.15) is 5.10 Å². The predicted octanol–water partition coefficient (Wildman–Crippen LogP) is 5.91. The molecule has 0 atom stereocenters. The molecule has 0 bridgehead atoms. The summed E-state index contributed by atoms with van der Waals surface area (Å²) in [5.74, 6) is 0.182. The Bertz CT molecular complexity index is 1710. The Kier molecular flexibility index (Phi) is 5.86. The number of fused-ring (bicyclic) bond motifs is 2. The van der Waals surface area contributed by atoms with Gasteiger partial charge in [0.1, 0.15) is 30.2 Å². The molecule has 6 aromatic rings. The molecule has 0 saturated carbocycles. The number of hydrogen-bond acceptors (Lipinski definition) is 5. The molecule has 184 valence electrons. The molecule has 6 rings (SSSR count). The van der Waals surface area contributed by atoms with Crippen LogP contribution in [0.25, 0.3) is 55.4 Å². The van der Waals surface area contributed by atoms with E-state index in [1.54, 1.807) is 18.5 Å². The molecule has 0 unspecified atom stereocenters. The van der Waals surface area contributed by atoms with E-state index < -0.39 is 0 Å². The van der Waals surface area contributed by atoms with Crippen LogP contribution in [0.15, 0.2) is 79.4 Å². The second kappa shape index (κ2) is 9.48. The van der Waals surface area contributed by atoms with Crippen molar-refractivity contribution >= 4 is 21.8 Å². The Labute approximate surface area is 213 Å². The van der Waals surface area contributed by atoms with E-state index in [2.05, 4.69) is 37.3 Å². The van der Waals surface area contributed by atoms with Crippen LogP contribution in [-0.4, -0.2) is 57.3 Å². The minimum atomic E-state index is -0.333. The summed E-state index contributed by atoms with van der Waals surface area (Å²) in [7, 11) is 3.95. The molecule has 0 fully saturated rings. The number of rotatable bonds is 7. The molecule has 2 N–H and O–H groups in total. The van der Waals surface area contributed by atoms with E-state index in [-0.39, 0.29) is 5.82 Å². The van der Waals surface area contributed by atoms with E-state index in [9.17, 15) is 4.39 Å². The van der Waals surface area contributed by atoms with E-state index in [0.717, 1.165) is 62.0 Å². The van der Waals surface area contributed by atoms with Gasteiger partial charge in [-0.25, -0.2) is 14.4 Å². The highest BCUT2D eigenvalue weighted by Crippen LogP contribution is 2.36. The fourth-order valence-electron chi connectivity index (χ4n) is 4.53. The van der Waals surface area contributed by atoms with Crippen LogP contribution in [0.2, 0.25) is 0 Å². The average Bonchev–Trinajstić information content (AvgIpc) is 3.52. The number of nitrogens with zero attached hydrogens (tertiary/aromatic N) is 4. The van der Waals surface area contributed by atoms with Gasteiger partial charge in [0.25, 0.3) is 0 Å². The number of likely N-dealkylation sites (N-methyl/N-ethyl adjacent to an activating group) is 1. The molecular formula is C29H25FN6O. The van der Waals surface area contributed by atoms with Crippen molar-refractivity contribution in [1.82, 2.24) is 30.0 Å². The van der Waals surface area contributed by atoms with Crippen molar-refractivity contribution in [3.05, 3.63) is 85.2 Å². The number of halogens is 1. The highest BCUT2D eigenvalue weighted by atomic mass is 19.1. The summed E-state index contributed by atoms with van der Waals surface area (Å²) in [5.41, 5.74) is 7.17. The largest absolute Gasteiger partial charge is 0.492 e. The van der Waals surface area contributed by atoms with Gasteiger partial charge in [0.2, 0.25) is 0 Å². The van der Waals surface area contributed by atoms with Crippen molar-refractivity contribution in [2.24, 2.45) is 0 Å². The molecular weight excluding hydrogens is 467 g/mol. The van der Waals surface area contributed by atoms with E-state index in [0.29, 0.717) is 12.4 Å². The van der Waals surface area contributed by atoms with Crippen molar-refractivity contribution in [2.45, 2.75) is 0 Å². The van der Waals surface area contributed by atoms with Crippen LogP contribution < -0.4 is 4.74 Å². The monoisotopic (exact) mass is 492 g/mol. The van der Waals surface area contributed by atoms with E-state index in [1.807, 2.05) is 55.4 Å². The average molecular weight is 493 g/mol. The third kappa shape index (κ3) is 4.54. The number of hydrogen-bond donors (Lipinski definition) is 2. The van der Waals surface area contributed by atoms with Crippen molar-refractivity contribution in [2.75, 3.05) is 27.2 Å². The maximum Gasteiger partial charge on any atom is 0.127 e. The van der Waals surface area contributed by atoms with Crippen molar-refractivity contribution in [1.29, 1.82) is 0 Å². The summed E-state index contributed by atoms with van der Waals surface area (Å²) in [6.07, 6.45) is 5.10. The van der Waals surface area contributed by atoms with Gasteiger partial charge >= 0.3 is 0 Å². The zero-order valence-corrected chi connectivity index (χ0v) is 20.5. The fourth-order valence-corrected chi connectivity index (χ4v) is 4.53. The molecule has 7 nitrogen and oxygen atoms in total. The number of H-pyrrole nitrogens is 2. The zero-order chi connectivity index (χ0) is 25.4. The van der Waals surface area contributed by atoms with Crippen molar-refractivity contribution in [3.63, 3.8) is 0 Å². The van der Waals surface area contributed by atoms with E-state index in [4.69, 9.17) is 4.74 Å². The number of nitrogens with one attached hydrogen (secondary N) is 2. The van der Waals surface area contributed by atoms with E-state index in [1.165, 1.54) is 12.4 Å². The van der Waals surface area contributed by atoms with Gasteiger partial charge in [-0.15, -0.1) is 0 Å². The van der Waals surface area contributed by atoms with Gasteiger partial charge in [0.05, 0.1) is 11.2 Å². The normalized spacial score (nSPS) is 11.6. The van der Waals surface area contributed by atoms with Gasteiger partial charge < -0.3 is 14.6 Å². The van der Waals surface area contributed by atoms with Crippen LogP contribution in [0, 0.1) is 5.82 Å². The number of aromatic amines is 2. The second-order valence-corrected chi connectivity index (χ2v) is 9.24. The molecule has 3 heterocycles. The van der Waals surface area contributed by atoms with Crippen LogP contribution in [0.3, 0.4) is 0 Å². The summed E-state index contributed by atoms with van der Waals surface area (Å²) < 4.78 is 20.4. The Morgan fingerprint density at radius 2 is 1.73 bits per heavy atom. The summed E-state index contributed by atoms with van der Waals surface area (Å²) in [4.78, 5) is 13.8. The first-order valence-electron chi connectivity index (χ1n) is 12.0. The van der Waals surface area contributed by atoms with Crippen LogP contribution in [0.4, 0.5) is 4.39 Å². The highest BCUT2D eigenvalue weighted by molar-refractivity contribution is 6.02. The molecule has 0 radical (unpaired) electrons. The summed E-state index contributed by atoms with van der Waals surface area (Å²) in [6.45, 7) is 1.23. The molecule has 0 saturated heterocycles. The second-order valence-electron chi connectivity index (χ2n) is 9.24. The molecule has 0 aliphatic carbocycles. The first kappa shape index (κ1) is 22.9. The quantitative estimate of drug-likeness (QED) is 0.289. The molecule has 0 aliphatic rings. The predicted molar refractivity (Wildman–Crippen MR) is 144 cm³/mol. The van der Waals surface area contributed by atoms with Gasteiger partial charge in [-0.05, 0) is 67.2 Å². The smallest absolute Gasteiger partial charge is 0.127 e. The van der Waals surface area contributed by atoms with Crippen LogP contribution >= 0.6 is 0 Å². The standard InChI is InChI=1S/C29H25FN6O/c1-36(2)8-9-37-22-11-19(10-21(30)13-22)23-4-3-5-26-24(23)14-28(33-26)29-25-12-18(6-7-27(25)34-35-29)20-15-31-17-32-16-20/h3-7,10-17,33H,8-9H2,1-2H3,(H,34,35). The minimum Gasteiger partial charge on any atom is -0.492 e. The Morgan fingerprint density at radius 3 is 2.57 bits per heavy atom. The van der Waals surface area contributed by atoms with Crippen LogP contribution in [-0.2, 0) is 0 Å². The number of benzene rings is 3. The highest BCUT2D eigenvalue weighted by Gasteiger charge is 2.15. The Balaban J connectivity index is 1.41. The van der Waals surface area contributed by atoms with Gasteiger partial charge in [0, 0.05) is 46.9 Å². The van der Waals surface area contributed by atoms with Gasteiger partial charge in [-0.1, -0.05) is 18.2 Å². The first-order valence-corrected chi connectivity index (χ1v) is 12.0. The molecule has 0 amide bonds. The lowest BCUT2D eigenvalue weighted by atomic mass is 10.0. The lowest BCUT2D eigenvalue weighted by Gasteiger charge is -2.12. The lowest BCUT2D eigenvalue weighted by Crippen LogP contribution is -2.19. The van der Waals surface area contributed by atoms with Crippen molar-refractivity contribution < 1.29 is 9.13 Å². The maximum atomic E-state index is 14.6. The molecule has 0 spiro atoms. The molecule has 0 aliphatic heterocycles. The van der Waals surface area contributed by atoms with Crippen LogP contribution in [0.1, 0.15) is 0 Å². The number of ether oxygens (including phenoxy) is 1. The Morgan fingerprint density at radius 1 is 0.865 bits per heavy atom. The molecule has 3 aromatic heterocycles. The maximum absolute atomic E-state index is 14.6. The third-order valence-electron chi connectivity index (χ3n) is 6.37. The minimum absolute atomic E-state index is 0.333. The molecule has 8 heteroatoms. The van der Waals surface area contributed by atoms with Crippen molar-refractivity contribution in [3.8, 4) is 39.4 Å². The number of aromatic nitrogens is 5. The zero-order valence-electron chi connectivity index (χ0n) is 20.5. The summed E-state index contributed by atoms with van der Waals surface area (Å²) in [5, 5.41) is 9.69. The Hall–Kier alpha value is -4.56.